The van der Waals surface area contributed by atoms with E-state index in [0.29, 0.717) is 0 Å². The number of hydrogen-bond donors (Lipinski definition) is 4. The van der Waals surface area contributed by atoms with E-state index in [1.807, 2.05) is 0 Å². The minimum atomic E-state index is -1.63. The number of carbonyl (C=O) groups is 1. The van der Waals surface area contributed by atoms with Gasteiger partial charge in [0.1, 0.15) is 0 Å². The molecule has 1 atom stereocenters. The topological polar surface area (TPSA) is 106 Å². The molecule has 0 bridgehead atoms. The Balaban J connectivity index is 0.000000211. The number of nitrogens with one attached hydrogen (secondary N) is 1. The Hall–Kier alpha value is -1.40. The van der Waals surface area contributed by atoms with Crippen LogP contribution >= 0.6 is 0 Å². The number of aromatic nitrogens is 2. The van der Waals surface area contributed by atoms with Crippen molar-refractivity contribution in [3.05, 3.63) is 18.7 Å². The van der Waals surface area contributed by atoms with E-state index in [-0.39, 0.29) is 0 Å². The van der Waals surface area contributed by atoms with E-state index in [1.54, 1.807) is 18.7 Å². The van der Waals surface area contributed by atoms with E-state index in [0.717, 1.165) is 0 Å². The Morgan fingerprint density at radius 3 is 2.42 bits per heavy atom. The summed E-state index contributed by atoms with van der Waals surface area (Å²) >= 11 is 0. The first kappa shape index (κ1) is 10.6. The van der Waals surface area contributed by atoms with Gasteiger partial charge in [0.2, 0.25) is 0 Å². The highest BCUT2D eigenvalue weighted by Gasteiger charge is 2.08. The highest BCUT2D eigenvalue weighted by Crippen LogP contribution is 1.75. The molecule has 1 unspecified atom stereocenters. The first-order valence-electron chi connectivity index (χ1n) is 3.13. The van der Waals surface area contributed by atoms with Gasteiger partial charge in [-0.25, -0.2) is 9.78 Å². The minimum absolute atomic E-state index is 0.727. The molecule has 6 nitrogen and oxygen atoms in total. The average molecular weight is 174 g/mol. The summed E-state index contributed by atoms with van der Waals surface area (Å²) in [6.07, 6.45) is 3.46. The summed E-state index contributed by atoms with van der Waals surface area (Å²) in [6, 6.07) is 0. The number of H-pyrrole nitrogens is 1. The van der Waals surface area contributed by atoms with Crippen molar-refractivity contribution in [1.29, 1.82) is 0 Å². The molecular weight excluding hydrogens is 164 g/mol. The number of aromatic amines is 1. The molecule has 12 heavy (non-hydrogen) atoms. The van der Waals surface area contributed by atoms with Crippen molar-refractivity contribution < 1.29 is 20.1 Å². The van der Waals surface area contributed by atoms with Gasteiger partial charge >= 0.3 is 5.97 Å². The number of aliphatic carboxylic acids is 1. The number of nitrogens with zero attached hydrogens (tertiary/aromatic N) is 1. The van der Waals surface area contributed by atoms with Gasteiger partial charge in [0.05, 0.1) is 12.9 Å². The fourth-order valence-electron chi connectivity index (χ4n) is 0.293. The van der Waals surface area contributed by atoms with Gasteiger partial charge in [0.15, 0.2) is 6.10 Å². The highest BCUT2D eigenvalue weighted by atomic mass is 16.4. The second-order valence-electron chi connectivity index (χ2n) is 1.80. The first-order valence-corrected chi connectivity index (χ1v) is 3.13. The molecule has 0 aromatic carbocycles. The summed E-state index contributed by atoms with van der Waals surface area (Å²) < 4.78 is 0. The van der Waals surface area contributed by atoms with E-state index in [2.05, 4.69) is 9.97 Å². The quantitative estimate of drug-likeness (QED) is 0.452. The zero-order valence-corrected chi connectivity index (χ0v) is 6.21. The molecule has 1 aromatic rings. The van der Waals surface area contributed by atoms with Crippen LogP contribution in [0.25, 0.3) is 0 Å². The summed E-state index contributed by atoms with van der Waals surface area (Å²) in [5.41, 5.74) is 0. The zero-order chi connectivity index (χ0) is 9.40. The van der Waals surface area contributed by atoms with Crippen molar-refractivity contribution in [2.24, 2.45) is 0 Å². The van der Waals surface area contributed by atoms with Gasteiger partial charge in [-0.3, -0.25) is 0 Å². The monoisotopic (exact) mass is 174 g/mol. The number of hydrogen-bond acceptors (Lipinski definition) is 4. The van der Waals surface area contributed by atoms with Crippen molar-refractivity contribution in [3.63, 3.8) is 0 Å². The van der Waals surface area contributed by atoms with Crippen LogP contribution in [0.2, 0.25) is 0 Å². The third-order valence-corrected chi connectivity index (χ3v) is 0.864. The molecule has 1 aromatic heterocycles. The lowest BCUT2D eigenvalue weighted by molar-refractivity contribution is -0.148. The Morgan fingerprint density at radius 2 is 2.33 bits per heavy atom. The van der Waals surface area contributed by atoms with Gasteiger partial charge in [-0.1, -0.05) is 0 Å². The average Bonchev–Trinajstić information content (AvgIpc) is 2.59. The Labute approximate surface area is 68.5 Å². The maximum Gasteiger partial charge on any atom is 0.334 e. The normalized spacial score (nSPS) is 11.2. The molecule has 0 radical (unpaired) electrons. The molecule has 1 heterocycles. The fourth-order valence-corrected chi connectivity index (χ4v) is 0.293. The molecule has 0 spiro atoms. The van der Waals surface area contributed by atoms with Gasteiger partial charge in [-0.2, -0.15) is 0 Å². The van der Waals surface area contributed by atoms with Gasteiger partial charge < -0.3 is 20.3 Å². The third kappa shape index (κ3) is 5.39. The standard InChI is InChI=1S/C3H4N2.C3H6O4/c1-2-5-3-4-1;4-1-2(5)3(6)7/h1-3H,(H,4,5);2,4-5H,1H2,(H,6,7). The maximum atomic E-state index is 9.52. The van der Waals surface area contributed by atoms with E-state index in [9.17, 15) is 4.79 Å². The van der Waals surface area contributed by atoms with Crippen LogP contribution in [0.5, 0.6) is 0 Å². The van der Waals surface area contributed by atoms with E-state index in [4.69, 9.17) is 15.3 Å². The van der Waals surface area contributed by atoms with Crippen molar-refractivity contribution in [2.45, 2.75) is 6.10 Å². The summed E-state index contributed by atoms with van der Waals surface area (Å²) in [5.74, 6) is -1.40. The van der Waals surface area contributed by atoms with E-state index >= 15 is 0 Å². The van der Waals surface area contributed by atoms with Gasteiger partial charge in [-0.15, -0.1) is 0 Å². The van der Waals surface area contributed by atoms with Crippen molar-refractivity contribution in [3.8, 4) is 0 Å². The van der Waals surface area contributed by atoms with E-state index in [1.165, 1.54) is 0 Å². The van der Waals surface area contributed by atoms with Crippen LogP contribution in [0, 0.1) is 0 Å². The molecule has 68 valence electrons. The third-order valence-electron chi connectivity index (χ3n) is 0.864. The predicted octanol–water partition coefficient (Wildman–Crippen LogP) is -1.17. The fraction of sp³-hybridized carbons (Fsp3) is 0.333. The van der Waals surface area contributed by atoms with Crippen LogP contribution < -0.4 is 0 Å². The summed E-state index contributed by atoms with van der Waals surface area (Å²) in [4.78, 5) is 15.9. The van der Waals surface area contributed by atoms with Crippen LogP contribution in [0.3, 0.4) is 0 Å². The summed E-state index contributed by atoms with van der Waals surface area (Å²) in [7, 11) is 0. The molecule has 0 aliphatic heterocycles. The minimum Gasteiger partial charge on any atom is -0.479 e. The van der Waals surface area contributed by atoms with Crippen LogP contribution in [0.15, 0.2) is 18.7 Å². The summed E-state index contributed by atoms with van der Waals surface area (Å²) in [5, 5.41) is 23.7. The molecule has 6 heteroatoms. The molecule has 4 N–H and O–H groups in total. The lowest BCUT2D eigenvalue weighted by Crippen LogP contribution is -2.22. The van der Waals surface area contributed by atoms with Crippen molar-refractivity contribution in [2.75, 3.05) is 6.61 Å². The van der Waals surface area contributed by atoms with Crippen molar-refractivity contribution in [1.82, 2.24) is 9.97 Å². The van der Waals surface area contributed by atoms with Crippen LogP contribution in [0.1, 0.15) is 0 Å². The number of rotatable bonds is 2. The lowest BCUT2D eigenvalue weighted by atomic mass is 10.4. The number of aliphatic hydroxyl groups is 2. The van der Waals surface area contributed by atoms with Gasteiger partial charge in [-0.05, 0) is 0 Å². The van der Waals surface area contributed by atoms with Crippen molar-refractivity contribution >= 4 is 5.97 Å². The van der Waals surface area contributed by atoms with Gasteiger partial charge in [0.25, 0.3) is 0 Å². The largest absolute Gasteiger partial charge is 0.479 e. The molecule has 0 saturated carbocycles. The molecule has 0 aliphatic rings. The highest BCUT2D eigenvalue weighted by molar-refractivity contribution is 5.71. The molecule has 0 aliphatic carbocycles. The number of aliphatic hydroxyl groups excluding tert-OH is 2. The van der Waals surface area contributed by atoms with Gasteiger partial charge in [0, 0.05) is 12.4 Å². The number of imidazole rings is 1. The van der Waals surface area contributed by atoms with Crippen LogP contribution in [-0.2, 0) is 4.79 Å². The maximum absolute atomic E-state index is 9.52. The summed E-state index contributed by atoms with van der Waals surface area (Å²) in [6.45, 7) is -0.727. The first-order chi connectivity index (χ1) is 5.68. The molecule has 0 saturated heterocycles. The smallest absolute Gasteiger partial charge is 0.334 e. The molecule has 0 fully saturated rings. The predicted molar refractivity (Wildman–Crippen MR) is 39.3 cm³/mol. The number of carboxylic acid groups (broad SMARTS) is 1. The second kappa shape index (κ2) is 6.32. The zero-order valence-electron chi connectivity index (χ0n) is 6.21. The lowest BCUT2D eigenvalue weighted by Gasteiger charge is -1.95. The van der Waals surface area contributed by atoms with Crippen LogP contribution in [0.4, 0.5) is 0 Å². The Bertz CT molecular complexity index is 182. The molecule has 0 amide bonds. The molecular formula is C6H10N2O4. The van der Waals surface area contributed by atoms with Crippen LogP contribution in [-0.4, -0.2) is 44.0 Å². The Morgan fingerprint density at radius 1 is 1.67 bits per heavy atom. The SMILES string of the molecule is O=C(O)C(O)CO.c1c[nH]cn1. The Kier molecular flexibility index (Phi) is 5.58. The van der Waals surface area contributed by atoms with E-state index < -0.39 is 18.7 Å². The molecule has 1 rings (SSSR count). The number of carboxylic acids is 1. The second-order valence-corrected chi connectivity index (χ2v) is 1.80.